The molecule has 2 unspecified atom stereocenters. The van der Waals surface area contributed by atoms with Crippen molar-refractivity contribution in [1.29, 1.82) is 0 Å². The zero-order chi connectivity index (χ0) is 65.8. The second-order valence-corrected chi connectivity index (χ2v) is 27.3. The number of allylic oxidation sites excluding steroid dienone is 16. The first-order valence-corrected chi connectivity index (χ1v) is 40.2. The lowest BCUT2D eigenvalue weighted by atomic mass is 10.0. The van der Waals surface area contributed by atoms with Gasteiger partial charge in [-0.1, -0.05) is 361 Å². The van der Waals surface area contributed by atoms with Gasteiger partial charge < -0.3 is 20.1 Å². The van der Waals surface area contributed by atoms with E-state index in [1.165, 1.54) is 257 Å². The summed E-state index contributed by atoms with van der Waals surface area (Å²) in [5, 5.41) is 0. The number of carbonyl (C=O) groups excluding carboxylic acids is 2. The number of carbonyl (C=O) groups is 2. The smallest absolute Gasteiger partial charge is 0.462 e. The minimum absolute atomic E-state index is 0.0530. The molecule has 0 saturated carbocycles. The second kappa shape index (κ2) is 76.0. The van der Waals surface area contributed by atoms with Gasteiger partial charge in [0.2, 0.25) is 0 Å². The standard InChI is InChI=1S/C81H146NO8P/c1-3-5-7-9-11-13-15-17-19-21-23-25-27-29-31-33-35-37-38-39-40-42-44-46-48-50-52-54-56-58-60-62-64-66-68-70-72-74-81(84)90-79(78-89-91(85,86)88-76-75-82)77-87-80(83)73-71-69-67-65-63-61-59-57-55-53-51-49-47-45-43-41-36-34-32-30-28-26-24-22-20-18-16-14-12-10-8-6-4-2/h5,7,11,13,16-19,22-25,29,31,35,37,79H,3-4,6,8-10,12,14-15,20-21,26-28,30,32-34,36,38-78,82H2,1-2H3,(H,85,86)/b7-5-,13-11-,18-16-,19-17-,24-22-,25-23-,31-29-,37-35-. The summed E-state index contributed by atoms with van der Waals surface area (Å²) in [6.45, 7) is 3.67. The van der Waals surface area contributed by atoms with Gasteiger partial charge in [0.05, 0.1) is 13.2 Å². The molecule has 10 heteroatoms. The molecule has 0 aliphatic rings. The van der Waals surface area contributed by atoms with Crippen molar-refractivity contribution in [1.82, 2.24) is 0 Å². The monoisotopic (exact) mass is 1290 g/mol. The van der Waals surface area contributed by atoms with E-state index in [2.05, 4.69) is 111 Å². The van der Waals surface area contributed by atoms with Gasteiger partial charge >= 0.3 is 19.8 Å². The Morgan fingerprint density at radius 2 is 0.604 bits per heavy atom. The van der Waals surface area contributed by atoms with Crippen LogP contribution in [0.2, 0.25) is 0 Å². The maximum atomic E-state index is 12.8. The van der Waals surface area contributed by atoms with E-state index in [-0.39, 0.29) is 38.6 Å². The van der Waals surface area contributed by atoms with Gasteiger partial charge in [-0.2, -0.15) is 0 Å². The fourth-order valence-corrected chi connectivity index (χ4v) is 12.0. The molecule has 0 radical (unpaired) electrons. The van der Waals surface area contributed by atoms with E-state index in [1.807, 2.05) is 0 Å². The average Bonchev–Trinajstić information content (AvgIpc) is 3.74. The van der Waals surface area contributed by atoms with Crippen LogP contribution in [-0.2, 0) is 32.7 Å². The summed E-state index contributed by atoms with van der Waals surface area (Å²) >= 11 is 0. The first kappa shape index (κ1) is 87.9. The summed E-state index contributed by atoms with van der Waals surface area (Å²) < 4.78 is 33.3. The lowest BCUT2D eigenvalue weighted by Crippen LogP contribution is -2.29. The Morgan fingerprint density at radius 1 is 0.341 bits per heavy atom. The lowest BCUT2D eigenvalue weighted by Gasteiger charge is -2.19. The molecule has 0 aliphatic carbocycles. The highest BCUT2D eigenvalue weighted by Gasteiger charge is 2.26. The van der Waals surface area contributed by atoms with Crippen LogP contribution in [-0.4, -0.2) is 49.3 Å². The Kier molecular flexibility index (Phi) is 73.4. The van der Waals surface area contributed by atoms with Crippen LogP contribution in [0.25, 0.3) is 0 Å². The predicted molar refractivity (Wildman–Crippen MR) is 395 cm³/mol. The molecule has 0 fully saturated rings. The molecule has 528 valence electrons. The molecule has 0 bridgehead atoms. The normalized spacial score (nSPS) is 13.4. The van der Waals surface area contributed by atoms with Crippen molar-refractivity contribution >= 4 is 19.8 Å². The molecule has 0 saturated heterocycles. The number of hydrogen-bond acceptors (Lipinski definition) is 8. The van der Waals surface area contributed by atoms with Crippen molar-refractivity contribution in [2.24, 2.45) is 5.73 Å². The molecule has 0 aromatic rings. The fraction of sp³-hybridized carbons (Fsp3) is 0.778. The molecule has 0 aromatic heterocycles. The van der Waals surface area contributed by atoms with Gasteiger partial charge in [-0.3, -0.25) is 18.6 Å². The fourth-order valence-electron chi connectivity index (χ4n) is 11.3. The van der Waals surface area contributed by atoms with Crippen molar-refractivity contribution < 1.29 is 37.6 Å². The van der Waals surface area contributed by atoms with Crippen LogP contribution in [0.15, 0.2) is 97.2 Å². The molecule has 0 aliphatic heterocycles. The summed E-state index contributed by atoms with van der Waals surface area (Å²) in [5.74, 6) is -0.811. The Balaban J connectivity index is 3.81. The Hall–Kier alpha value is -3.07. The number of hydrogen-bond donors (Lipinski definition) is 2. The van der Waals surface area contributed by atoms with Gasteiger partial charge in [0.25, 0.3) is 0 Å². The zero-order valence-electron chi connectivity index (χ0n) is 59.6. The van der Waals surface area contributed by atoms with Crippen LogP contribution in [0, 0.1) is 0 Å². The lowest BCUT2D eigenvalue weighted by molar-refractivity contribution is -0.161. The highest BCUT2D eigenvalue weighted by molar-refractivity contribution is 7.47. The van der Waals surface area contributed by atoms with E-state index in [0.29, 0.717) is 6.42 Å². The van der Waals surface area contributed by atoms with Crippen LogP contribution >= 0.6 is 7.82 Å². The number of esters is 2. The van der Waals surface area contributed by atoms with Gasteiger partial charge in [0.1, 0.15) is 6.61 Å². The number of phosphoric acid groups is 1. The number of rotatable bonds is 73. The minimum atomic E-state index is -4.40. The van der Waals surface area contributed by atoms with E-state index < -0.39 is 26.5 Å². The molecule has 0 spiro atoms. The van der Waals surface area contributed by atoms with E-state index in [4.69, 9.17) is 24.3 Å². The molecule has 91 heavy (non-hydrogen) atoms. The van der Waals surface area contributed by atoms with Crippen LogP contribution in [0.4, 0.5) is 0 Å². The maximum Gasteiger partial charge on any atom is 0.472 e. The SMILES string of the molecule is CC/C=C\C/C=C\C/C=C\C/C=C\C/C=C\C/C=C\CCCCCCCCCCCCCCCCCCCCC(=O)OC(COC(=O)CCCCCCCCCCCCCCCCCCCCCCC/C=C\C/C=C\CCCCCCC)COP(=O)(O)OCCN. The molecule has 3 N–H and O–H groups in total. The van der Waals surface area contributed by atoms with Crippen LogP contribution in [0.1, 0.15) is 373 Å². The highest BCUT2D eigenvalue weighted by Crippen LogP contribution is 2.43. The van der Waals surface area contributed by atoms with Gasteiger partial charge in [-0.05, 0) is 96.3 Å². The Morgan fingerprint density at radius 3 is 0.901 bits per heavy atom. The van der Waals surface area contributed by atoms with Crippen molar-refractivity contribution in [3.05, 3.63) is 97.2 Å². The highest BCUT2D eigenvalue weighted by atomic mass is 31.2. The number of phosphoric ester groups is 1. The van der Waals surface area contributed by atoms with Crippen molar-refractivity contribution in [3.63, 3.8) is 0 Å². The maximum absolute atomic E-state index is 12.8. The molecule has 0 heterocycles. The summed E-state index contributed by atoms with van der Waals surface area (Å²) in [6, 6.07) is 0. The van der Waals surface area contributed by atoms with Gasteiger partial charge in [-0.25, -0.2) is 4.57 Å². The summed E-state index contributed by atoms with van der Waals surface area (Å²) in [5.41, 5.74) is 5.41. The molecular formula is C81H146NO8P. The van der Waals surface area contributed by atoms with Crippen molar-refractivity contribution in [3.8, 4) is 0 Å². The van der Waals surface area contributed by atoms with Crippen molar-refractivity contribution in [2.75, 3.05) is 26.4 Å². The van der Waals surface area contributed by atoms with E-state index in [9.17, 15) is 19.0 Å². The molecule has 0 amide bonds. The third kappa shape index (κ3) is 75.8. The Labute approximate surface area is 563 Å². The second-order valence-electron chi connectivity index (χ2n) is 25.8. The third-order valence-corrected chi connectivity index (χ3v) is 17.9. The summed E-state index contributed by atoms with van der Waals surface area (Å²) in [4.78, 5) is 35.4. The first-order valence-electron chi connectivity index (χ1n) is 38.7. The summed E-state index contributed by atoms with van der Waals surface area (Å²) in [7, 11) is -4.40. The quantitative estimate of drug-likeness (QED) is 0.0264. The summed E-state index contributed by atoms with van der Waals surface area (Å²) in [6.07, 6.45) is 104. The van der Waals surface area contributed by atoms with E-state index in [0.717, 1.165) is 83.5 Å². The third-order valence-electron chi connectivity index (χ3n) is 17.0. The zero-order valence-corrected chi connectivity index (χ0v) is 60.5. The molecule has 9 nitrogen and oxygen atoms in total. The molecular weight excluding hydrogens is 1150 g/mol. The van der Waals surface area contributed by atoms with E-state index in [1.54, 1.807) is 0 Å². The number of nitrogens with two attached hydrogens (primary N) is 1. The minimum Gasteiger partial charge on any atom is -0.462 e. The van der Waals surface area contributed by atoms with Crippen molar-refractivity contribution in [2.45, 2.75) is 380 Å². The van der Waals surface area contributed by atoms with Crippen LogP contribution < -0.4 is 5.73 Å². The molecule has 0 aromatic carbocycles. The van der Waals surface area contributed by atoms with Crippen LogP contribution in [0.5, 0.6) is 0 Å². The molecule has 0 rings (SSSR count). The van der Waals surface area contributed by atoms with Gasteiger partial charge in [0, 0.05) is 19.4 Å². The molecule has 2 atom stereocenters. The average molecular weight is 1290 g/mol. The first-order chi connectivity index (χ1) is 44.8. The predicted octanol–water partition coefficient (Wildman–Crippen LogP) is 25.9. The van der Waals surface area contributed by atoms with Gasteiger partial charge in [-0.15, -0.1) is 0 Å². The largest absolute Gasteiger partial charge is 0.472 e. The topological polar surface area (TPSA) is 134 Å². The van der Waals surface area contributed by atoms with E-state index >= 15 is 0 Å². The number of unbranched alkanes of at least 4 members (excludes halogenated alkanes) is 44. The Bertz CT molecular complexity index is 1820. The van der Waals surface area contributed by atoms with Crippen LogP contribution in [0.3, 0.4) is 0 Å². The number of ether oxygens (including phenoxy) is 2. The van der Waals surface area contributed by atoms with Gasteiger partial charge in [0.15, 0.2) is 6.10 Å².